The average molecular weight is 314 g/mol. The molecule has 7 heteroatoms. The highest BCUT2D eigenvalue weighted by atomic mass is 32.2. The van der Waals surface area contributed by atoms with Gasteiger partial charge in [-0.2, -0.15) is 0 Å². The lowest BCUT2D eigenvalue weighted by Crippen LogP contribution is -2.43. The maximum Gasteiger partial charge on any atom is 0.233 e. The first-order chi connectivity index (χ1) is 9.45. The van der Waals surface area contributed by atoms with E-state index in [1.807, 2.05) is 32.6 Å². The Labute approximate surface area is 128 Å². The normalized spacial score (nSPS) is 10.9. The highest BCUT2D eigenvalue weighted by molar-refractivity contribution is 8.01. The number of aromatic nitrogens is 2. The van der Waals surface area contributed by atoms with Gasteiger partial charge in [-0.15, -0.1) is 16.8 Å². The van der Waals surface area contributed by atoms with E-state index in [1.54, 1.807) is 6.08 Å². The molecule has 1 aromatic heterocycles. The zero-order chi connectivity index (χ0) is 15.1. The number of thioether (sulfide) groups is 1. The molecule has 0 saturated heterocycles. The molecule has 0 radical (unpaired) electrons. The molecule has 0 spiro atoms. The highest BCUT2D eigenvalue weighted by Crippen LogP contribution is 2.26. The molecular weight excluding hydrogens is 292 g/mol. The molecule has 1 aromatic rings. The van der Waals surface area contributed by atoms with Gasteiger partial charge in [-0.1, -0.05) is 29.2 Å². The quantitative estimate of drug-likeness (QED) is 0.590. The Morgan fingerprint density at radius 2 is 2.05 bits per heavy atom. The summed E-state index contributed by atoms with van der Waals surface area (Å²) in [5.74, 6) is 0.530. The van der Waals surface area contributed by atoms with Crippen molar-refractivity contribution < 1.29 is 4.79 Å². The molecule has 5 nitrogen and oxygen atoms in total. The molecular formula is C13H22N4OS2. The largest absolute Gasteiger partial charge is 0.357 e. The fourth-order valence-electron chi connectivity index (χ4n) is 1.87. The molecule has 1 amide bonds. The van der Waals surface area contributed by atoms with E-state index in [0.717, 1.165) is 9.47 Å². The van der Waals surface area contributed by atoms with Crippen molar-refractivity contribution in [2.45, 2.75) is 44.1 Å². The van der Waals surface area contributed by atoms with Gasteiger partial charge in [0.1, 0.15) is 0 Å². The van der Waals surface area contributed by atoms with E-state index >= 15 is 0 Å². The predicted octanol–water partition coefficient (Wildman–Crippen LogP) is 2.87. The van der Waals surface area contributed by atoms with E-state index in [-0.39, 0.29) is 18.0 Å². The number of anilines is 1. The molecule has 112 valence electrons. The number of hydrogen-bond donors (Lipinski definition) is 1. The van der Waals surface area contributed by atoms with Crippen LogP contribution in [0, 0.1) is 0 Å². The highest BCUT2D eigenvalue weighted by Gasteiger charge is 2.20. The van der Waals surface area contributed by atoms with Crippen LogP contribution >= 0.6 is 23.1 Å². The Hall–Kier alpha value is -1.08. The van der Waals surface area contributed by atoms with Crippen molar-refractivity contribution in [2.75, 3.05) is 17.6 Å². The maximum absolute atomic E-state index is 12.2. The Morgan fingerprint density at radius 3 is 2.60 bits per heavy atom. The van der Waals surface area contributed by atoms with Crippen LogP contribution in [0.3, 0.4) is 0 Å². The number of hydrogen-bond acceptors (Lipinski definition) is 6. The van der Waals surface area contributed by atoms with Crippen molar-refractivity contribution in [3.63, 3.8) is 0 Å². The van der Waals surface area contributed by atoms with Crippen LogP contribution in [0.4, 0.5) is 5.13 Å². The zero-order valence-electron chi connectivity index (χ0n) is 12.4. The summed E-state index contributed by atoms with van der Waals surface area (Å²) in [4.78, 5) is 14.1. The lowest BCUT2D eigenvalue weighted by atomic mass is 10.2. The third-order valence-electron chi connectivity index (χ3n) is 2.52. The van der Waals surface area contributed by atoms with Gasteiger partial charge in [-0.25, -0.2) is 0 Å². The zero-order valence-corrected chi connectivity index (χ0v) is 14.1. The molecule has 0 aliphatic rings. The Bertz CT molecular complexity index is 437. The monoisotopic (exact) mass is 314 g/mol. The summed E-state index contributed by atoms with van der Waals surface area (Å²) in [5.41, 5.74) is 0. The van der Waals surface area contributed by atoms with Gasteiger partial charge in [0, 0.05) is 18.6 Å². The van der Waals surface area contributed by atoms with E-state index in [4.69, 9.17) is 0 Å². The molecule has 0 bridgehead atoms. The lowest BCUT2D eigenvalue weighted by molar-refractivity contribution is -0.131. The third kappa shape index (κ3) is 5.13. The van der Waals surface area contributed by atoms with Crippen LogP contribution in [0.1, 0.15) is 27.7 Å². The minimum atomic E-state index is 0.135. The van der Waals surface area contributed by atoms with Gasteiger partial charge >= 0.3 is 0 Å². The minimum absolute atomic E-state index is 0.135. The van der Waals surface area contributed by atoms with Crippen LogP contribution < -0.4 is 5.32 Å². The van der Waals surface area contributed by atoms with Gasteiger partial charge in [0.05, 0.1) is 5.75 Å². The molecule has 1 N–H and O–H groups in total. The second-order valence-electron chi connectivity index (χ2n) is 4.82. The summed E-state index contributed by atoms with van der Waals surface area (Å²) in [7, 11) is 0. The second kappa shape index (κ2) is 8.26. The molecule has 1 rings (SSSR count). The number of nitrogens with one attached hydrogen (secondary N) is 1. The number of carbonyl (C=O) groups excluding carboxylic acids is 1. The first-order valence-electron chi connectivity index (χ1n) is 6.58. The average Bonchev–Trinajstić information content (AvgIpc) is 2.81. The van der Waals surface area contributed by atoms with Crippen LogP contribution in [-0.4, -0.2) is 45.4 Å². The van der Waals surface area contributed by atoms with Crippen molar-refractivity contribution in [1.29, 1.82) is 0 Å². The van der Waals surface area contributed by atoms with Gasteiger partial charge in [-0.3, -0.25) is 4.79 Å². The maximum atomic E-state index is 12.2. The fraction of sp³-hybridized carbons (Fsp3) is 0.615. The molecule has 0 saturated carbocycles. The Morgan fingerprint density at radius 1 is 1.40 bits per heavy atom. The topological polar surface area (TPSA) is 58.1 Å². The molecule has 0 unspecified atom stereocenters. The van der Waals surface area contributed by atoms with Crippen molar-refractivity contribution in [3.05, 3.63) is 12.7 Å². The van der Waals surface area contributed by atoms with Crippen LogP contribution in [0.25, 0.3) is 0 Å². The summed E-state index contributed by atoms with van der Waals surface area (Å²) in [6.07, 6.45) is 1.76. The van der Waals surface area contributed by atoms with Gasteiger partial charge in [0.2, 0.25) is 11.0 Å². The molecule has 1 heterocycles. The van der Waals surface area contributed by atoms with Gasteiger partial charge in [0.25, 0.3) is 0 Å². The summed E-state index contributed by atoms with van der Waals surface area (Å²) in [6.45, 7) is 12.4. The van der Waals surface area contributed by atoms with Gasteiger partial charge < -0.3 is 10.2 Å². The van der Waals surface area contributed by atoms with Crippen molar-refractivity contribution in [2.24, 2.45) is 0 Å². The van der Waals surface area contributed by atoms with Crippen LogP contribution in [-0.2, 0) is 4.79 Å². The first kappa shape index (κ1) is 17.0. The summed E-state index contributed by atoms with van der Waals surface area (Å²) in [5, 5.41) is 11.9. The number of rotatable bonds is 8. The first-order valence-corrected chi connectivity index (χ1v) is 8.38. The van der Waals surface area contributed by atoms with Gasteiger partial charge in [-0.05, 0) is 27.7 Å². The summed E-state index contributed by atoms with van der Waals surface area (Å²) < 4.78 is 0.803. The van der Waals surface area contributed by atoms with E-state index in [2.05, 4.69) is 22.1 Å². The van der Waals surface area contributed by atoms with Crippen LogP contribution in [0.2, 0.25) is 0 Å². The molecule has 0 atom stereocenters. The van der Waals surface area contributed by atoms with E-state index < -0.39 is 0 Å². The Kier molecular flexibility index (Phi) is 7.01. The molecule has 0 aliphatic carbocycles. The summed E-state index contributed by atoms with van der Waals surface area (Å²) >= 11 is 2.89. The van der Waals surface area contributed by atoms with E-state index in [9.17, 15) is 4.79 Å². The van der Waals surface area contributed by atoms with Crippen molar-refractivity contribution in [3.8, 4) is 0 Å². The second-order valence-corrected chi connectivity index (χ2v) is 7.02. The van der Waals surface area contributed by atoms with E-state index in [1.165, 1.54) is 23.1 Å². The number of amides is 1. The number of carbonyl (C=O) groups is 1. The molecule has 0 aromatic carbocycles. The summed E-state index contributed by atoms with van der Waals surface area (Å²) in [6, 6.07) is 0.421. The van der Waals surface area contributed by atoms with Crippen LogP contribution in [0.15, 0.2) is 17.0 Å². The van der Waals surface area contributed by atoms with Crippen molar-refractivity contribution in [1.82, 2.24) is 15.1 Å². The smallest absolute Gasteiger partial charge is 0.233 e. The SMILES string of the molecule is C=CCNc1nnc(SCC(=O)N(C(C)C)C(C)C)s1. The Balaban J connectivity index is 2.51. The van der Waals surface area contributed by atoms with Gasteiger partial charge in [0.15, 0.2) is 4.34 Å². The molecule has 0 fully saturated rings. The lowest BCUT2D eigenvalue weighted by Gasteiger charge is -2.30. The standard InChI is InChI=1S/C13H22N4OS2/c1-6-7-14-12-15-16-13(20-12)19-8-11(18)17(9(2)3)10(4)5/h6,9-10H,1,7-8H2,2-5H3,(H,14,15). The van der Waals surface area contributed by atoms with Crippen molar-refractivity contribution >= 4 is 34.1 Å². The molecule has 0 aliphatic heterocycles. The molecule has 20 heavy (non-hydrogen) atoms. The third-order valence-corrected chi connectivity index (χ3v) is 4.52. The fourth-order valence-corrected chi connectivity index (χ4v) is 3.50. The van der Waals surface area contributed by atoms with E-state index in [0.29, 0.717) is 12.3 Å². The predicted molar refractivity (Wildman–Crippen MR) is 86.4 cm³/mol. The minimum Gasteiger partial charge on any atom is -0.357 e. The van der Waals surface area contributed by atoms with Crippen LogP contribution in [0.5, 0.6) is 0 Å². The number of nitrogens with zero attached hydrogens (tertiary/aromatic N) is 3.